The molecule has 244 valence electrons. The molecule has 4 aliphatic rings. The van der Waals surface area contributed by atoms with Crippen molar-refractivity contribution in [1.82, 2.24) is 35.0 Å². The first kappa shape index (κ1) is 30.2. The summed E-state index contributed by atoms with van der Waals surface area (Å²) in [6, 6.07) is 10.9. The average Bonchev–Trinajstić information content (AvgIpc) is 3.76. The summed E-state index contributed by atoms with van der Waals surface area (Å²) in [6.45, 7) is 9.65. The molecule has 0 unspecified atom stereocenters. The third-order valence-electron chi connectivity index (χ3n) is 10.3. The largest absolute Gasteiger partial charge is 0.382 e. The van der Waals surface area contributed by atoms with Crippen LogP contribution in [0.25, 0.3) is 27.5 Å². The summed E-state index contributed by atoms with van der Waals surface area (Å²) in [5.74, 6) is 1.21. The molecule has 3 atom stereocenters. The normalized spacial score (nSPS) is 23.6. The number of hydrogen-bond acceptors (Lipinski definition) is 11. The number of hydrogen-bond donors (Lipinski definition) is 2. The molecule has 1 aliphatic carbocycles. The van der Waals surface area contributed by atoms with Gasteiger partial charge in [0.2, 0.25) is 11.0 Å². The number of nitriles is 1. The minimum absolute atomic E-state index is 0.119. The number of pyridine rings is 1. The van der Waals surface area contributed by atoms with Crippen LogP contribution in [0.2, 0.25) is 0 Å². The van der Waals surface area contributed by atoms with Crippen molar-refractivity contribution in [1.29, 1.82) is 5.26 Å². The van der Waals surface area contributed by atoms with Crippen molar-refractivity contribution in [2.75, 3.05) is 49.6 Å². The van der Waals surface area contributed by atoms with Gasteiger partial charge in [-0.1, -0.05) is 11.3 Å². The maximum absolute atomic E-state index is 13.3. The molecule has 3 saturated heterocycles. The third kappa shape index (κ3) is 5.83. The number of piperidine rings is 2. The lowest BCUT2D eigenvalue weighted by Gasteiger charge is -2.42. The number of fused-ring (bicyclic) bond motifs is 3. The van der Waals surface area contributed by atoms with Crippen LogP contribution in [-0.2, 0) is 9.53 Å². The van der Waals surface area contributed by atoms with Crippen molar-refractivity contribution < 1.29 is 9.53 Å². The summed E-state index contributed by atoms with van der Waals surface area (Å²) in [5, 5.41) is 31.8. The Kier molecular flexibility index (Phi) is 8.03. The molecule has 12 nitrogen and oxygen atoms in total. The Morgan fingerprint density at radius 2 is 1.85 bits per heavy atom. The van der Waals surface area contributed by atoms with E-state index in [1.807, 2.05) is 30.5 Å². The fourth-order valence-corrected chi connectivity index (χ4v) is 8.65. The molecule has 2 bridgehead atoms. The van der Waals surface area contributed by atoms with Gasteiger partial charge in [0.15, 0.2) is 5.01 Å². The molecular formula is C34H40N10O2S. The quantitative estimate of drug-likeness (QED) is 0.287. The van der Waals surface area contributed by atoms with Crippen LogP contribution in [0.1, 0.15) is 45.1 Å². The van der Waals surface area contributed by atoms with Crippen molar-refractivity contribution in [3.05, 3.63) is 42.2 Å². The van der Waals surface area contributed by atoms with E-state index >= 15 is 0 Å². The second kappa shape index (κ2) is 12.5. The van der Waals surface area contributed by atoms with Crippen LogP contribution in [0.5, 0.6) is 0 Å². The Morgan fingerprint density at radius 1 is 1.06 bits per heavy atom. The topological polar surface area (TPSA) is 137 Å². The Morgan fingerprint density at radius 3 is 2.55 bits per heavy atom. The molecule has 8 rings (SSSR count). The number of likely N-dealkylation sites (tertiary alicyclic amines) is 1. The third-order valence-corrected chi connectivity index (χ3v) is 11.4. The summed E-state index contributed by atoms with van der Waals surface area (Å²) < 4.78 is 7.17. The number of ether oxygens (including phenoxy) is 1. The molecule has 4 aromatic rings. The minimum atomic E-state index is 0.119. The van der Waals surface area contributed by atoms with Gasteiger partial charge in [-0.05, 0) is 88.7 Å². The molecule has 3 aliphatic heterocycles. The highest BCUT2D eigenvalue weighted by molar-refractivity contribution is 7.18. The van der Waals surface area contributed by atoms with Gasteiger partial charge in [0, 0.05) is 43.0 Å². The molecule has 47 heavy (non-hydrogen) atoms. The minimum Gasteiger partial charge on any atom is -0.382 e. The number of nitrogens with one attached hydrogen (secondary N) is 2. The van der Waals surface area contributed by atoms with E-state index in [1.165, 1.54) is 0 Å². The predicted molar refractivity (Wildman–Crippen MR) is 180 cm³/mol. The molecule has 4 fully saturated rings. The van der Waals surface area contributed by atoms with Gasteiger partial charge in [0.1, 0.15) is 6.07 Å². The zero-order valence-electron chi connectivity index (χ0n) is 26.8. The van der Waals surface area contributed by atoms with E-state index in [0.717, 1.165) is 103 Å². The standard InChI is InChI=1S/C34H40N10O2S/c1-20(2)38-28-12-29(30-6-5-25-11-21(13-35)14-37-44(25)30)36-15-27(28)33-40-41-34(47-33)43-16-23-3-4-24(17-43)31(23)39-32(45)22-7-9-42(10-8-22)26-18-46-19-26/h5-6,11-12,14-15,20,22-24,26,31H,3-4,7-10,16-19H2,1-2H3,(H,36,38)(H,39,45)/t23-,24+,31-. The second-order valence-corrected chi connectivity index (χ2v) is 14.7. The number of carbonyl (C=O) groups is 1. The monoisotopic (exact) mass is 652 g/mol. The highest BCUT2D eigenvalue weighted by Gasteiger charge is 2.44. The molecule has 4 aromatic heterocycles. The first-order valence-electron chi connectivity index (χ1n) is 16.8. The SMILES string of the molecule is CC(C)Nc1cc(-c2ccc3cc(C#N)cnn23)ncc1-c1nnc(N2C[C@H]3CC[C@@H](C2)[C@@H]3NC(=O)C2CCN(C3COC3)CC2)s1. The smallest absolute Gasteiger partial charge is 0.223 e. The van der Waals surface area contributed by atoms with Crippen LogP contribution in [0, 0.1) is 29.1 Å². The van der Waals surface area contributed by atoms with Gasteiger partial charge in [-0.3, -0.25) is 14.7 Å². The second-order valence-electron chi connectivity index (χ2n) is 13.8. The van der Waals surface area contributed by atoms with Gasteiger partial charge in [0.05, 0.1) is 53.5 Å². The first-order valence-corrected chi connectivity index (χ1v) is 17.6. The van der Waals surface area contributed by atoms with Gasteiger partial charge < -0.3 is 20.3 Å². The van der Waals surface area contributed by atoms with E-state index in [1.54, 1.807) is 22.0 Å². The lowest BCUT2D eigenvalue weighted by molar-refractivity contribution is -0.129. The lowest BCUT2D eigenvalue weighted by atomic mass is 9.90. The maximum Gasteiger partial charge on any atom is 0.223 e. The molecule has 0 spiro atoms. The zero-order valence-corrected chi connectivity index (χ0v) is 27.6. The zero-order chi connectivity index (χ0) is 32.1. The number of amides is 1. The van der Waals surface area contributed by atoms with Crippen LogP contribution in [0.4, 0.5) is 10.8 Å². The van der Waals surface area contributed by atoms with Gasteiger partial charge >= 0.3 is 0 Å². The fraction of sp³-hybridized carbons (Fsp3) is 0.529. The van der Waals surface area contributed by atoms with Gasteiger partial charge in [-0.2, -0.15) is 10.4 Å². The first-order chi connectivity index (χ1) is 22.9. The van der Waals surface area contributed by atoms with E-state index in [0.29, 0.717) is 23.4 Å². The Labute approximate surface area is 278 Å². The number of carbonyl (C=O) groups excluding carboxylic acids is 1. The van der Waals surface area contributed by atoms with Crippen LogP contribution < -0.4 is 15.5 Å². The van der Waals surface area contributed by atoms with Crippen molar-refractivity contribution in [3.8, 4) is 28.0 Å². The molecular weight excluding hydrogens is 613 g/mol. The van der Waals surface area contributed by atoms with Crippen LogP contribution >= 0.6 is 11.3 Å². The fourth-order valence-electron chi connectivity index (χ4n) is 7.76. The average molecular weight is 653 g/mol. The van der Waals surface area contributed by atoms with Crippen molar-refractivity contribution >= 4 is 33.6 Å². The number of rotatable bonds is 8. The molecule has 7 heterocycles. The number of nitrogens with zero attached hydrogens (tertiary/aromatic N) is 8. The lowest BCUT2D eigenvalue weighted by Crippen LogP contribution is -2.56. The summed E-state index contributed by atoms with van der Waals surface area (Å²) >= 11 is 1.60. The summed E-state index contributed by atoms with van der Waals surface area (Å²) in [7, 11) is 0. The predicted octanol–water partition coefficient (Wildman–Crippen LogP) is 4.05. The highest BCUT2D eigenvalue weighted by Crippen LogP contribution is 2.42. The van der Waals surface area contributed by atoms with E-state index in [-0.39, 0.29) is 23.9 Å². The Hall–Kier alpha value is -4.12. The van der Waals surface area contributed by atoms with Crippen LogP contribution in [0.3, 0.4) is 0 Å². The summed E-state index contributed by atoms with van der Waals surface area (Å²) in [4.78, 5) is 23.0. The maximum atomic E-state index is 13.3. The summed E-state index contributed by atoms with van der Waals surface area (Å²) in [5.41, 5.74) is 4.83. The van der Waals surface area contributed by atoms with Crippen molar-refractivity contribution in [2.45, 2.75) is 57.7 Å². The van der Waals surface area contributed by atoms with Gasteiger partial charge in [-0.15, -0.1) is 10.2 Å². The molecule has 13 heteroatoms. The molecule has 1 amide bonds. The number of anilines is 2. The van der Waals surface area contributed by atoms with E-state index in [2.05, 4.69) is 55.6 Å². The number of aromatic nitrogens is 5. The molecule has 1 saturated carbocycles. The molecule has 0 aromatic carbocycles. The Balaban J connectivity index is 0.956. The Bertz CT molecular complexity index is 1800. The van der Waals surface area contributed by atoms with Crippen molar-refractivity contribution in [3.63, 3.8) is 0 Å². The van der Waals surface area contributed by atoms with E-state index in [4.69, 9.17) is 9.72 Å². The van der Waals surface area contributed by atoms with Crippen LogP contribution in [-0.4, -0.2) is 93.1 Å². The summed E-state index contributed by atoms with van der Waals surface area (Å²) in [6.07, 6.45) is 7.58. The molecule has 0 radical (unpaired) electrons. The van der Waals surface area contributed by atoms with Crippen molar-refractivity contribution in [2.24, 2.45) is 17.8 Å². The molecule has 2 N–H and O–H groups in total. The van der Waals surface area contributed by atoms with Gasteiger partial charge in [-0.25, -0.2) is 4.52 Å². The van der Waals surface area contributed by atoms with E-state index < -0.39 is 0 Å². The van der Waals surface area contributed by atoms with Crippen LogP contribution in [0.15, 0.2) is 36.7 Å². The van der Waals surface area contributed by atoms with Gasteiger partial charge in [0.25, 0.3) is 0 Å². The van der Waals surface area contributed by atoms with E-state index in [9.17, 15) is 10.1 Å². The highest BCUT2D eigenvalue weighted by atomic mass is 32.1.